The molecule has 4 saturated heterocycles. The second-order valence-electron chi connectivity index (χ2n) is 11.5. The summed E-state index contributed by atoms with van der Waals surface area (Å²) in [6.45, 7) is 3.92. The van der Waals surface area contributed by atoms with Crippen molar-refractivity contribution in [3.8, 4) is 0 Å². The molecule has 4 heterocycles. The minimum absolute atomic E-state index is 0.207. The van der Waals surface area contributed by atoms with Gasteiger partial charge in [-0.2, -0.15) is 0 Å². The highest BCUT2D eigenvalue weighted by molar-refractivity contribution is 9.09. The Bertz CT molecular complexity index is 1280. The third-order valence-corrected chi connectivity index (χ3v) is 9.96. The van der Waals surface area contributed by atoms with Gasteiger partial charge in [0.05, 0.1) is 43.8 Å². The third-order valence-electron chi connectivity index (χ3n) is 9.11. The Labute approximate surface area is 253 Å². The molecule has 42 heavy (non-hydrogen) atoms. The Balaban J connectivity index is 1.29. The SMILES string of the molecule is O=C(NCCN1CCOCC1)C1N([C@H](CO)c2ccccc2)C(=O)[C@@H]2[C@@H](C(=O)NCc3ccccc3)[C@@H]3OC12CC3Br. The molecule has 4 fully saturated rings. The lowest BCUT2D eigenvalue weighted by molar-refractivity contribution is -0.145. The number of fused-ring (bicyclic) bond motifs is 1. The molecular weight excluding hydrogens is 604 g/mol. The maximum absolute atomic E-state index is 14.4. The molecule has 0 saturated carbocycles. The van der Waals surface area contributed by atoms with Crippen molar-refractivity contribution in [1.29, 1.82) is 0 Å². The normalized spacial score (nSPS) is 31.1. The number of carbonyl (C=O) groups is 3. The molecule has 6 rings (SSSR count). The molecule has 11 heteroatoms. The van der Waals surface area contributed by atoms with Gasteiger partial charge in [0.1, 0.15) is 11.6 Å². The molecule has 0 aromatic heterocycles. The number of ether oxygens (including phenoxy) is 2. The summed E-state index contributed by atoms with van der Waals surface area (Å²) in [5, 5.41) is 16.7. The van der Waals surface area contributed by atoms with Crippen LogP contribution in [-0.2, 0) is 30.4 Å². The van der Waals surface area contributed by atoms with E-state index in [1.807, 2.05) is 60.7 Å². The molecule has 4 aliphatic rings. The number of alkyl halides is 1. The number of amides is 3. The average Bonchev–Trinajstić information content (AvgIpc) is 3.61. The number of halogens is 1. The first-order chi connectivity index (χ1) is 20.4. The van der Waals surface area contributed by atoms with E-state index in [2.05, 4.69) is 31.5 Å². The lowest BCUT2D eigenvalue weighted by Gasteiger charge is -2.37. The van der Waals surface area contributed by atoms with Crippen LogP contribution in [0.5, 0.6) is 0 Å². The molecule has 0 radical (unpaired) electrons. The fourth-order valence-corrected chi connectivity index (χ4v) is 8.14. The molecule has 2 aromatic rings. The second kappa shape index (κ2) is 12.4. The summed E-state index contributed by atoms with van der Waals surface area (Å²) in [6.07, 6.45) is -0.147. The highest BCUT2D eigenvalue weighted by atomic mass is 79.9. The molecule has 0 aliphatic carbocycles. The number of carbonyl (C=O) groups excluding carboxylic acids is 3. The molecule has 2 aromatic carbocycles. The number of rotatable bonds is 10. The molecule has 2 bridgehead atoms. The first-order valence-corrected chi connectivity index (χ1v) is 15.6. The largest absolute Gasteiger partial charge is 0.394 e. The summed E-state index contributed by atoms with van der Waals surface area (Å²) in [5.74, 6) is -2.57. The van der Waals surface area contributed by atoms with Crippen molar-refractivity contribution in [1.82, 2.24) is 20.4 Å². The average molecular weight is 642 g/mol. The molecule has 4 aliphatic heterocycles. The number of hydrogen-bond acceptors (Lipinski definition) is 7. The van der Waals surface area contributed by atoms with E-state index in [0.717, 1.165) is 18.7 Å². The first kappa shape index (κ1) is 29.3. The van der Waals surface area contributed by atoms with Gasteiger partial charge in [-0.05, 0) is 17.5 Å². The lowest BCUT2D eigenvalue weighted by atomic mass is 9.70. The van der Waals surface area contributed by atoms with Gasteiger partial charge in [0.25, 0.3) is 0 Å². The highest BCUT2D eigenvalue weighted by Gasteiger charge is 2.77. The van der Waals surface area contributed by atoms with E-state index in [-0.39, 0.29) is 29.2 Å². The molecule has 3 N–H and O–H groups in total. The third kappa shape index (κ3) is 5.26. The van der Waals surface area contributed by atoms with Crippen LogP contribution in [-0.4, -0.2) is 101 Å². The summed E-state index contributed by atoms with van der Waals surface area (Å²) in [5.41, 5.74) is 0.461. The van der Waals surface area contributed by atoms with E-state index >= 15 is 0 Å². The number of morpholine rings is 1. The van der Waals surface area contributed by atoms with Crippen LogP contribution in [0.3, 0.4) is 0 Å². The molecule has 1 spiro atoms. The molecule has 224 valence electrons. The van der Waals surface area contributed by atoms with E-state index in [1.54, 1.807) is 0 Å². The molecule has 7 atom stereocenters. The lowest BCUT2D eigenvalue weighted by Crippen LogP contribution is -2.57. The summed E-state index contributed by atoms with van der Waals surface area (Å²) in [7, 11) is 0. The first-order valence-electron chi connectivity index (χ1n) is 14.6. The molecular formula is C31H37BrN4O6. The quantitative estimate of drug-likeness (QED) is 0.334. The Morgan fingerprint density at radius 1 is 1.02 bits per heavy atom. The van der Waals surface area contributed by atoms with Crippen molar-refractivity contribution in [2.45, 2.75) is 41.6 Å². The highest BCUT2D eigenvalue weighted by Crippen LogP contribution is 2.61. The van der Waals surface area contributed by atoms with Crippen LogP contribution in [0.15, 0.2) is 60.7 Å². The smallest absolute Gasteiger partial charge is 0.245 e. The van der Waals surface area contributed by atoms with Gasteiger partial charge in [0.2, 0.25) is 17.7 Å². The summed E-state index contributed by atoms with van der Waals surface area (Å²) in [6, 6.07) is 17.0. The maximum Gasteiger partial charge on any atom is 0.245 e. The predicted molar refractivity (Wildman–Crippen MR) is 157 cm³/mol. The fourth-order valence-electron chi connectivity index (χ4n) is 7.19. The van der Waals surface area contributed by atoms with E-state index in [4.69, 9.17) is 9.47 Å². The van der Waals surface area contributed by atoms with Gasteiger partial charge in [0, 0.05) is 37.6 Å². The van der Waals surface area contributed by atoms with Crippen LogP contribution in [0, 0.1) is 11.8 Å². The number of benzene rings is 2. The number of aliphatic hydroxyl groups is 1. The van der Waals surface area contributed by atoms with Gasteiger partial charge in [-0.1, -0.05) is 76.6 Å². The Morgan fingerprint density at radius 2 is 1.71 bits per heavy atom. The molecule has 10 nitrogen and oxygen atoms in total. The minimum atomic E-state index is -1.20. The summed E-state index contributed by atoms with van der Waals surface area (Å²) in [4.78, 5) is 45.7. The zero-order chi connectivity index (χ0) is 29.3. The summed E-state index contributed by atoms with van der Waals surface area (Å²) < 4.78 is 12.0. The number of nitrogens with zero attached hydrogens (tertiary/aromatic N) is 2. The monoisotopic (exact) mass is 640 g/mol. The van der Waals surface area contributed by atoms with Gasteiger partial charge in [0.15, 0.2) is 0 Å². The van der Waals surface area contributed by atoms with Crippen LogP contribution >= 0.6 is 15.9 Å². The maximum atomic E-state index is 14.4. The van der Waals surface area contributed by atoms with Crippen molar-refractivity contribution in [2.75, 3.05) is 46.0 Å². The van der Waals surface area contributed by atoms with Gasteiger partial charge < -0.3 is 30.1 Å². The van der Waals surface area contributed by atoms with Gasteiger partial charge in [-0.3, -0.25) is 19.3 Å². The van der Waals surface area contributed by atoms with Gasteiger partial charge in [-0.25, -0.2) is 0 Å². The van der Waals surface area contributed by atoms with E-state index in [0.29, 0.717) is 44.8 Å². The number of aliphatic hydroxyl groups excluding tert-OH is 1. The zero-order valence-electron chi connectivity index (χ0n) is 23.4. The van der Waals surface area contributed by atoms with Crippen LogP contribution in [0.1, 0.15) is 23.6 Å². The summed E-state index contributed by atoms with van der Waals surface area (Å²) >= 11 is 3.72. The molecule has 3 amide bonds. The van der Waals surface area contributed by atoms with Crippen molar-refractivity contribution in [3.63, 3.8) is 0 Å². The number of likely N-dealkylation sites (tertiary alicyclic amines) is 1. The van der Waals surface area contributed by atoms with E-state index in [9.17, 15) is 19.5 Å². The van der Waals surface area contributed by atoms with Crippen LogP contribution in [0.2, 0.25) is 0 Å². The predicted octanol–water partition coefficient (Wildman–Crippen LogP) is 1.23. The zero-order valence-corrected chi connectivity index (χ0v) is 24.9. The second-order valence-corrected chi connectivity index (χ2v) is 12.6. The van der Waals surface area contributed by atoms with Crippen LogP contribution in [0.25, 0.3) is 0 Å². The van der Waals surface area contributed by atoms with E-state index < -0.39 is 35.6 Å². The topological polar surface area (TPSA) is 120 Å². The van der Waals surface area contributed by atoms with Crippen LogP contribution in [0.4, 0.5) is 0 Å². The Morgan fingerprint density at radius 3 is 2.40 bits per heavy atom. The van der Waals surface area contributed by atoms with Crippen LogP contribution < -0.4 is 10.6 Å². The van der Waals surface area contributed by atoms with Gasteiger partial charge in [-0.15, -0.1) is 0 Å². The number of nitrogens with one attached hydrogen (secondary N) is 2. The number of hydrogen-bond donors (Lipinski definition) is 3. The minimum Gasteiger partial charge on any atom is -0.394 e. The van der Waals surface area contributed by atoms with Gasteiger partial charge >= 0.3 is 0 Å². The van der Waals surface area contributed by atoms with Crippen molar-refractivity contribution in [3.05, 3.63) is 71.8 Å². The molecule has 3 unspecified atom stereocenters. The van der Waals surface area contributed by atoms with E-state index in [1.165, 1.54) is 4.90 Å². The van der Waals surface area contributed by atoms with Crippen molar-refractivity contribution >= 4 is 33.7 Å². The standard InChI is InChI=1S/C31H37BrN4O6/c32-22-17-31-25(24(26(22)42-31)28(38)34-18-20-7-3-1-4-8-20)30(40)36(23(19-37)21-9-5-2-6-10-21)27(31)29(39)33-11-12-35-13-15-41-16-14-35/h1-10,22-27,37H,11-19H2,(H,33,39)(H,34,38)/t22?,23-,24-,25+,26-,27?,31?/m1/s1. The Hall–Kier alpha value is -2.83. The fraction of sp³-hybridized carbons (Fsp3) is 0.516. The van der Waals surface area contributed by atoms with Crippen molar-refractivity contribution in [2.24, 2.45) is 11.8 Å². The van der Waals surface area contributed by atoms with Crippen molar-refractivity contribution < 1.29 is 29.0 Å². The Kier molecular flexibility index (Phi) is 8.65.